The maximum atomic E-state index is 5.39. The van der Waals surface area contributed by atoms with E-state index >= 15 is 0 Å². The van der Waals surface area contributed by atoms with Gasteiger partial charge < -0.3 is 0 Å². The third kappa shape index (κ3) is 3.83. The predicted molar refractivity (Wildman–Crippen MR) is 193 cm³/mol. The predicted octanol–water partition coefficient (Wildman–Crippen LogP) is 11.6. The van der Waals surface area contributed by atoms with Gasteiger partial charge in [0.15, 0.2) is 0 Å². The Morgan fingerprint density at radius 2 is 1.02 bits per heavy atom. The van der Waals surface area contributed by atoms with E-state index in [4.69, 9.17) is 9.97 Å². The van der Waals surface area contributed by atoms with Crippen LogP contribution in [0.1, 0.15) is 30.5 Å². The maximum Gasteiger partial charge on any atom is 0.0985 e. The number of nitrogens with zero attached hydrogens (tertiary/aromatic N) is 2. The van der Waals surface area contributed by atoms with Crippen LogP contribution in [0, 0.1) is 6.92 Å². The Morgan fingerprint density at radius 1 is 0.435 bits per heavy atom. The third-order valence-electron chi connectivity index (χ3n) is 9.91. The highest BCUT2D eigenvalue weighted by Crippen LogP contribution is 2.54. The van der Waals surface area contributed by atoms with Crippen molar-refractivity contribution in [1.29, 1.82) is 0 Å². The van der Waals surface area contributed by atoms with Crippen molar-refractivity contribution in [3.05, 3.63) is 156 Å². The molecule has 0 saturated heterocycles. The van der Waals surface area contributed by atoms with Gasteiger partial charge in [0, 0.05) is 16.5 Å². The van der Waals surface area contributed by atoms with Gasteiger partial charge in [0.2, 0.25) is 0 Å². The molecule has 1 aliphatic carbocycles. The number of para-hydroxylation sites is 2. The number of aryl methyl sites for hydroxylation is 1. The molecule has 0 saturated carbocycles. The van der Waals surface area contributed by atoms with Gasteiger partial charge in [0.05, 0.1) is 22.4 Å². The Hall–Kier alpha value is -5.60. The van der Waals surface area contributed by atoms with Crippen LogP contribution in [0.15, 0.2) is 140 Å². The van der Waals surface area contributed by atoms with Gasteiger partial charge >= 0.3 is 0 Å². The van der Waals surface area contributed by atoms with Crippen molar-refractivity contribution >= 4 is 32.6 Å². The molecule has 1 aliphatic rings. The van der Waals surface area contributed by atoms with Gasteiger partial charge in [-0.2, -0.15) is 0 Å². The van der Waals surface area contributed by atoms with Gasteiger partial charge in [-0.3, -0.25) is 0 Å². The SMILES string of the molecule is Cc1ccc2c(-c3nc4ccccc4nc3-c3ccccc3)c3ccccc3c(-c3cccc4c3-c3ccccc3C4(C)C)c2c1. The summed E-state index contributed by atoms with van der Waals surface area (Å²) in [7, 11) is 0. The molecule has 46 heavy (non-hydrogen) atoms. The van der Waals surface area contributed by atoms with Crippen LogP contribution in [0.25, 0.3) is 77.3 Å². The highest BCUT2D eigenvalue weighted by Gasteiger charge is 2.37. The quantitative estimate of drug-likeness (QED) is 0.192. The lowest BCUT2D eigenvalue weighted by molar-refractivity contribution is 0.660. The Labute approximate surface area is 269 Å². The minimum absolute atomic E-state index is 0.0747. The first-order valence-electron chi connectivity index (χ1n) is 16.0. The number of rotatable bonds is 3. The van der Waals surface area contributed by atoms with Crippen LogP contribution >= 0.6 is 0 Å². The minimum Gasteiger partial charge on any atom is -0.244 e. The molecule has 9 rings (SSSR count). The Morgan fingerprint density at radius 3 is 1.80 bits per heavy atom. The molecule has 1 heterocycles. The van der Waals surface area contributed by atoms with Crippen LogP contribution < -0.4 is 0 Å². The van der Waals surface area contributed by atoms with Gasteiger partial charge in [0.25, 0.3) is 0 Å². The van der Waals surface area contributed by atoms with E-state index in [-0.39, 0.29) is 5.41 Å². The molecule has 218 valence electrons. The molecule has 0 radical (unpaired) electrons. The zero-order valence-electron chi connectivity index (χ0n) is 26.2. The van der Waals surface area contributed by atoms with E-state index in [0.717, 1.165) is 33.5 Å². The molecule has 0 atom stereocenters. The van der Waals surface area contributed by atoms with Crippen molar-refractivity contribution in [2.24, 2.45) is 0 Å². The van der Waals surface area contributed by atoms with E-state index in [1.807, 2.05) is 12.1 Å². The van der Waals surface area contributed by atoms with Gasteiger partial charge in [-0.1, -0.05) is 147 Å². The molecule has 0 N–H and O–H groups in total. The molecule has 7 aromatic carbocycles. The number of hydrogen-bond acceptors (Lipinski definition) is 2. The smallest absolute Gasteiger partial charge is 0.0985 e. The Kier molecular flexibility index (Phi) is 5.79. The lowest BCUT2D eigenvalue weighted by Gasteiger charge is -2.23. The van der Waals surface area contributed by atoms with Crippen molar-refractivity contribution in [2.75, 3.05) is 0 Å². The summed E-state index contributed by atoms with van der Waals surface area (Å²) < 4.78 is 0. The average Bonchev–Trinajstić information content (AvgIpc) is 3.33. The highest BCUT2D eigenvalue weighted by atomic mass is 14.8. The van der Waals surface area contributed by atoms with E-state index in [9.17, 15) is 0 Å². The maximum absolute atomic E-state index is 5.39. The first-order chi connectivity index (χ1) is 22.5. The summed E-state index contributed by atoms with van der Waals surface area (Å²) in [6, 6.07) is 50.3. The van der Waals surface area contributed by atoms with Crippen molar-refractivity contribution in [3.8, 4) is 44.8 Å². The van der Waals surface area contributed by atoms with E-state index in [2.05, 4.69) is 148 Å². The van der Waals surface area contributed by atoms with Crippen molar-refractivity contribution < 1.29 is 0 Å². The molecule has 0 bridgehead atoms. The van der Waals surface area contributed by atoms with E-state index < -0.39 is 0 Å². The van der Waals surface area contributed by atoms with Crippen LogP contribution in [-0.4, -0.2) is 9.97 Å². The van der Waals surface area contributed by atoms with E-state index in [0.29, 0.717) is 0 Å². The Balaban J connectivity index is 1.45. The molecular weight excluding hydrogens is 556 g/mol. The normalized spacial score (nSPS) is 13.3. The van der Waals surface area contributed by atoms with Crippen molar-refractivity contribution in [1.82, 2.24) is 9.97 Å². The highest BCUT2D eigenvalue weighted by molar-refractivity contribution is 6.23. The first-order valence-corrected chi connectivity index (χ1v) is 16.0. The fourth-order valence-corrected chi connectivity index (χ4v) is 7.77. The summed E-state index contributed by atoms with van der Waals surface area (Å²) >= 11 is 0. The zero-order valence-corrected chi connectivity index (χ0v) is 26.2. The lowest BCUT2D eigenvalue weighted by Crippen LogP contribution is -2.14. The molecule has 0 aliphatic heterocycles. The number of fused-ring (bicyclic) bond motifs is 6. The van der Waals surface area contributed by atoms with Gasteiger partial charge in [0.1, 0.15) is 0 Å². The summed E-state index contributed by atoms with van der Waals surface area (Å²) in [5, 5.41) is 4.82. The largest absolute Gasteiger partial charge is 0.244 e. The molecule has 0 fully saturated rings. The molecule has 0 spiro atoms. The lowest BCUT2D eigenvalue weighted by atomic mass is 9.80. The molecule has 0 unspecified atom stereocenters. The van der Waals surface area contributed by atoms with Crippen LogP contribution in [0.4, 0.5) is 0 Å². The van der Waals surface area contributed by atoms with Crippen molar-refractivity contribution in [2.45, 2.75) is 26.2 Å². The van der Waals surface area contributed by atoms with Gasteiger partial charge in [-0.25, -0.2) is 9.97 Å². The second-order valence-electron chi connectivity index (χ2n) is 13.0. The molecule has 1 aromatic heterocycles. The van der Waals surface area contributed by atoms with E-state index in [1.54, 1.807) is 0 Å². The van der Waals surface area contributed by atoms with Crippen LogP contribution in [0.3, 0.4) is 0 Å². The fraction of sp³-hybridized carbons (Fsp3) is 0.0909. The summed E-state index contributed by atoms with van der Waals surface area (Å²) in [4.78, 5) is 10.7. The van der Waals surface area contributed by atoms with Crippen LogP contribution in [-0.2, 0) is 5.41 Å². The standard InChI is InChI=1S/C44H32N2/c1-27-24-25-31-34(26-27)39(33-19-13-21-36-40(33)32-18-9-10-20-35(32)44(36,2)3)29-16-7-8-17-30(29)41(31)43-42(28-14-5-4-6-15-28)45-37-22-11-12-23-38(37)46-43/h4-26H,1-3H3. The molecular formula is C44H32N2. The minimum atomic E-state index is -0.0747. The topological polar surface area (TPSA) is 25.8 Å². The second-order valence-corrected chi connectivity index (χ2v) is 13.0. The van der Waals surface area contributed by atoms with Crippen LogP contribution in [0.2, 0.25) is 0 Å². The monoisotopic (exact) mass is 588 g/mol. The molecule has 2 heteroatoms. The second kappa shape index (κ2) is 9.95. The fourth-order valence-electron chi connectivity index (χ4n) is 7.77. The first kappa shape index (κ1) is 26.8. The molecule has 2 nitrogen and oxygen atoms in total. The van der Waals surface area contributed by atoms with Crippen molar-refractivity contribution in [3.63, 3.8) is 0 Å². The summed E-state index contributed by atoms with van der Waals surface area (Å²) in [5.41, 5.74) is 14.9. The number of benzene rings is 7. The summed E-state index contributed by atoms with van der Waals surface area (Å²) in [6.45, 7) is 6.90. The number of aromatic nitrogens is 2. The third-order valence-corrected chi connectivity index (χ3v) is 9.91. The average molecular weight is 589 g/mol. The van der Waals surface area contributed by atoms with E-state index in [1.165, 1.54) is 60.5 Å². The summed E-state index contributed by atoms with van der Waals surface area (Å²) in [5.74, 6) is 0. The van der Waals surface area contributed by atoms with Gasteiger partial charge in [-0.15, -0.1) is 0 Å². The Bertz CT molecular complexity index is 2510. The summed E-state index contributed by atoms with van der Waals surface area (Å²) in [6.07, 6.45) is 0. The van der Waals surface area contributed by atoms with Gasteiger partial charge in [-0.05, 0) is 74.0 Å². The number of hydrogen-bond donors (Lipinski definition) is 0. The molecule has 0 amide bonds. The zero-order chi connectivity index (χ0) is 31.0. The van der Waals surface area contributed by atoms with Crippen LogP contribution in [0.5, 0.6) is 0 Å². The molecule has 8 aromatic rings.